The number of nitrogens with one attached hydrogen (secondary N) is 1. The number of aromatic nitrogens is 3. The lowest BCUT2D eigenvalue weighted by atomic mass is 9.98. The van der Waals surface area contributed by atoms with Crippen LogP contribution in [0, 0.1) is 5.92 Å². The van der Waals surface area contributed by atoms with Crippen LogP contribution in [0.3, 0.4) is 0 Å². The van der Waals surface area contributed by atoms with E-state index >= 15 is 0 Å². The molecule has 0 saturated carbocycles. The molecule has 1 N–H and O–H groups in total. The van der Waals surface area contributed by atoms with Gasteiger partial charge in [-0.2, -0.15) is 13.9 Å². The SMILES string of the molecule is [B]c1cnn2c(NCC3CCN(S(=O)(=O)c4cccc5ccccc45)CC3)cc(-c3ccccc3Cl)nc12. The van der Waals surface area contributed by atoms with Gasteiger partial charge in [-0.25, -0.2) is 13.4 Å². The Morgan fingerprint density at radius 2 is 1.74 bits per heavy atom. The maximum atomic E-state index is 13.5. The first-order valence-electron chi connectivity index (χ1n) is 12.5. The zero-order chi connectivity index (χ0) is 26.3. The van der Waals surface area contributed by atoms with Crippen molar-refractivity contribution in [1.82, 2.24) is 18.9 Å². The first-order chi connectivity index (χ1) is 18.4. The van der Waals surface area contributed by atoms with Crippen LogP contribution in [0.4, 0.5) is 5.82 Å². The molecule has 3 aromatic carbocycles. The highest BCUT2D eigenvalue weighted by molar-refractivity contribution is 7.89. The van der Waals surface area contributed by atoms with Gasteiger partial charge in [-0.15, -0.1) is 0 Å². The number of piperidine rings is 1. The number of halogens is 1. The van der Waals surface area contributed by atoms with E-state index < -0.39 is 10.0 Å². The molecule has 10 heteroatoms. The Bertz CT molecular complexity index is 1740. The molecule has 3 heterocycles. The highest BCUT2D eigenvalue weighted by Crippen LogP contribution is 2.30. The fourth-order valence-electron chi connectivity index (χ4n) is 5.08. The van der Waals surface area contributed by atoms with Gasteiger partial charge in [0, 0.05) is 47.9 Å². The van der Waals surface area contributed by atoms with Crippen molar-refractivity contribution in [3.05, 3.63) is 84.0 Å². The maximum Gasteiger partial charge on any atom is 0.243 e. The summed E-state index contributed by atoms with van der Waals surface area (Å²) in [6.45, 7) is 1.62. The molecule has 2 aromatic heterocycles. The van der Waals surface area contributed by atoms with Gasteiger partial charge in [0.05, 0.1) is 10.6 Å². The molecule has 38 heavy (non-hydrogen) atoms. The van der Waals surface area contributed by atoms with Crippen molar-refractivity contribution < 1.29 is 8.42 Å². The van der Waals surface area contributed by atoms with E-state index in [4.69, 9.17) is 19.4 Å². The molecular weight excluding hydrogens is 517 g/mol. The predicted octanol–water partition coefficient (Wildman–Crippen LogP) is 4.51. The zero-order valence-corrected chi connectivity index (χ0v) is 22.2. The molecule has 0 atom stereocenters. The van der Waals surface area contributed by atoms with Crippen molar-refractivity contribution in [3.8, 4) is 11.3 Å². The van der Waals surface area contributed by atoms with Gasteiger partial charge in [0.2, 0.25) is 10.0 Å². The molecule has 1 saturated heterocycles. The van der Waals surface area contributed by atoms with Crippen LogP contribution in [0.15, 0.2) is 83.9 Å². The first-order valence-corrected chi connectivity index (χ1v) is 14.3. The average molecular weight is 542 g/mol. The van der Waals surface area contributed by atoms with Gasteiger partial charge in [-0.1, -0.05) is 66.2 Å². The van der Waals surface area contributed by atoms with E-state index in [2.05, 4.69) is 15.4 Å². The van der Waals surface area contributed by atoms with Gasteiger partial charge < -0.3 is 5.32 Å². The largest absolute Gasteiger partial charge is 0.370 e. The minimum Gasteiger partial charge on any atom is -0.370 e. The summed E-state index contributed by atoms with van der Waals surface area (Å²) in [5.41, 5.74) is 2.55. The van der Waals surface area contributed by atoms with Crippen molar-refractivity contribution >= 4 is 57.2 Å². The van der Waals surface area contributed by atoms with E-state index in [1.807, 2.05) is 60.7 Å². The average Bonchev–Trinajstić information content (AvgIpc) is 3.32. The van der Waals surface area contributed by atoms with Crippen LogP contribution in [0.5, 0.6) is 0 Å². The van der Waals surface area contributed by atoms with Crippen LogP contribution in [0.25, 0.3) is 27.7 Å². The Morgan fingerprint density at radius 1 is 1.00 bits per heavy atom. The van der Waals surface area contributed by atoms with E-state index in [9.17, 15) is 8.42 Å². The van der Waals surface area contributed by atoms with Crippen LogP contribution in [-0.4, -0.2) is 54.8 Å². The molecule has 6 rings (SSSR count). The number of hydrogen-bond acceptors (Lipinski definition) is 5. The normalized spacial score (nSPS) is 15.3. The lowest BCUT2D eigenvalue weighted by Gasteiger charge is -2.31. The van der Waals surface area contributed by atoms with Crippen molar-refractivity contribution in [2.75, 3.05) is 25.0 Å². The van der Waals surface area contributed by atoms with E-state index in [0.29, 0.717) is 52.3 Å². The summed E-state index contributed by atoms with van der Waals surface area (Å²) in [6, 6.07) is 22.5. The summed E-state index contributed by atoms with van der Waals surface area (Å²) in [4.78, 5) is 5.06. The molecule has 0 unspecified atom stereocenters. The van der Waals surface area contributed by atoms with Crippen molar-refractivity contribution in [2.24, 2.45) is 5.92 Å². The molecular formula is C28H25BClN5O2S. The monoisotopic (exact) mass is 541 g/mol. The van der Waals surface area contributed by atoms with Crippen LogP contribution >= 0.6 is 11.6 Å². The van der Waals surface area contributed by atoms with Gasteiger partial charge in [-0.3, -0.25) is 0 Å². The van der Waals surface area contributed by atoms with E-state index in [-0.39, 0.29) is 0 Å². The minimum absolute atomic E-state index is 0.300. The standard InChI is InChI=1S/C28H25BClN5O2S/c29-23-18-32-35-27(16-25(33-28(23)35)22-9-3-4-10-24(22)30)31-17-19-12-14-34(15-13-19)38(36,37)26-11-5-7-20-6-1-2-8-21(20)26/h1-11,16,18-19,31H,12-15,17H2. The van der Waals surface area contributed by atoms with E-state index in [0.717, 1.165) is 35.0 Å². The molecule has 0 aliphatic carbocycles. The van der Waals surface area contributed by atoms with Crippen molar-refractivity contribution in [3.63, 3.8) is 0 Å². The summed E-state index contributed by atoms with van der Waals surface area (Å²) in [5.74, 6) is 1.06. The van der Waals surface area contributed by atoms with E-state index in [1.54, 1.807) is 27.2 Å². The third-order valence-corrected chi connectivity index (χ3v) is 9.45. The Labute approximate surface area is 227 Å². The quantitative estimate of drug-likeness (QED) is 0.320. The Balaban J connectivity index is 1.18. The first kappa shape index (κ1) is 24.9. The second kappa shape index (κ2) is 10.1. The number of benzene rings is 3. The van der Waals surface area contributed by atoms with Crippen molar-refractivity contribution in [2.45, 2.75) is 17.7 Å². The van der Waals surface area contributed by atoms with Crippen LogP contribution < -0.4 is 10.8 Å². The van der Waals surface area contributed by atoms with Gasteiger partial charge >= 0.3 is 0 Å². The lowest BCUT2D eigenvalue weighted by Crippen LogP contribution is -2.40. The van der Waals surface area contributed by atoms with Crippen LogP contribution in [0.1, 0.15) is 12.8 Å². The molecule has 0 spiro atoms. The number of anilines is 1. The van der Waals surface area contributed by atoms with Gasteiger partial charge in [-0.05, 0) is 41.7 Å². The number of nitrogens with zero attached hydrogens (tertiary/aromatic N) is 4. The van der Waals surface area contributed by atoms with Crippen LogP contribution in [0.2, 0.25) is 5.02 Å². The maximum absolute atomic E-state index is 13.5. The second-order valence-corrected chi connectivity index (χ2v) is 11.9. The van der Waals surface area contributed by atoms with E-state index in [1.165, 1.54) is 0 Å². The number of hydrogen-bond donors (Lipinski definition) is 1. The van der Waals surface area contributed by atoms with Gasteiger partial charge in [0.25, 0.3) is 0 Å². The molecule has 0 bridgehead atoms. The Hall–Kier alpha value is -3.40. The third-order valence-electron chi connectivity index (χ3n) is 7.16. The zero-order valence-electron chi connectivity index (χ0n) is 20.6. The molecule has 0 amide bonds. The summed E-state index contributed by atoms with van der Waals surface area (Å²) in [5, 5.41) is 10.2. The molecule has 5 aromatic rings. The molecule has 190 valence electrons. The fraction of sp³-hybridized carbons (Fsp3) is 0.214. The smallest absolute Gasteiger partial charge is 0.243 e. The summed E-state index contributed by atoms with van der Waals surface area (Å²) in [6.07, 6.45) is 3.09. The highest BCUT2D eigenvalue weighted by atomic mass is 35.5. The Morgan fingerprint density at radius 3 is 2.55 bits per heavy atom. The number of fused-ring (bicyclic) bond motifs is 2. The summed E-state index contributed by atoms with van der Waals surface area (Å²) in [7, 11) is 2.56. The van der Waals surface area contributed by atoms with Gasteiger partial charge in [0.1, 0.15) is 13.7 Å². The topological polar surface area (TPSA) is 79.6 Å². The molecule has 2 radical (unpaired) electrons. The Kier molecular flexibility index (Phi) is 6.59. The molecule has 7 nitrogen and oxygen atoms in total. The highest BCUT2D eigenvalue weighted by Gasteiger charge is 2.30. The number of rotatable bonds is 6. The second-order valence-electron chi connectivity index (χ2n) is 9.55. The molecule has 1 fully saturated rings. The number of sulfonamides is 1. The van der Waals surface area contributed by atoms with Gasteiger partial charge in [0.15, 0.2) is 5.65 Å². The van der Waals surface area contributed by atoms with Crippen molar-refractivity contribution in [1.29, 1.82) is 0 Å². The lowest BCUT2D eigenvalue weighted by molar-refractivity contribution is 0.282. The summed E-state index contributed by atoms with van der Waals surface area (Å²) >= 11 is 6.43. The molecule has 1 aliphatic heterocycles. The third kappa shape index (κ3) is 4.55. The van der Waals surface area contributed by atoms with Crippen LogP contribution in [-0.2, 0) is 10.0 Å². The fourth-order valence-corrected chi connectivity index (χ4v) is 6.99. The minimum atomic E-state index is -3.58. The summed E-state index contributed by atoms with van der Waals surface area (Å²) < 4.78 is 30.3. The molecule has 1 aliphatic rings. The predicted molar refractivity (Wildman–Crippen MR) is 153 cm³/mol.